The molecule has 29 heavy (non-hydrogen) atoms. The van der Waals surface area contributed by atoms with Gasteiger partial charge in [-0.2, -0.15) is 0 Å². The first kappa shape index (κ1) is 21.3. The Morgan fingerprint density at radius 3 is 2.52 bits per heavy atom. The lowest BCUT2D eigenvalue weighted by Gasteiger charge is -2.13. The van der Waals surface area contributed by atoms with E-state index < -0.39 is 0 Å². The van der Waals surface area contributed by atoms with Crippen molar-refractivity contribution in [1.82, 2.24) is 0 Å². The van der Waals surface area contributed by atoms with E-state index >= 15 is 0 Å². The lowest BCUT2D eigenvalue weighted by atomic mass is 10.1. The molecule has 0 saturated heterocycles. The molecule has 0 unspecified atom stereocenters. The van der Waals surface area contributed by atoms with Crippen LogP contribution in [0.25, 0.3) is 0 Å². The fourth-order valence-electron chi connectivity index (χ4n) is 2.83. The summed E-state index contributed by atoms with van der Waals surface area (Å²) in [6.07, 6.45) is 2.02. The van der Waals surface area contributed by atoms with Gasteiger partial charge in [-0.3, -0.25) is 4.79 Å². The van der Waals surface area contributed by atoms with Crippen LogP contribution in [0, 0.1) is 6.92 Å². The Morgan fingerprint density at radius 1 is 1.00 bits per heavy atom. The van der Waals surface area contributed by atoms with Crippen molar-refractivity contribution in [2.45, 2.75) is 29.4 Å². The van der Waals surface area contributed by atoms with E-state index in [-0.39, 0.29) is 5.91 Å². The third kappa shape index (κ3) is 6.05. The van der Waals surface area contributed by atoms with E-state index in [4.69, 9.17) is 4.74 Å². The third-order valence-electron chi connectivity index (χ3n) is 4.37. The Labute approximate surface area is 181 Å². The van der Waals surface area contributed by atoms with Gasteiger partial charge in [-0.05, 0) is 68.6 Å². The Bertz CT molecular complexity index is 971. The molecule has 0 aliphatic heterocycles. The van der Waals surface area contributed by atoms with Crippen molar-refractivity contribution in [3.8, 4) is 5.75 Å². The summed E-state index contributed by atoms with van der Waals surface area (Å²) in [5, 5.41) is 2.99. The molecule has 1 N–H and O–H groups in total. The molecule has 0 saturated carbocycles. The second-order valence-electron chi connectivity index (χ2n) is 6.54. The molecule has 0 radical (unpaired) electrons. The molecule has 150 valence electrons. The van der Waals surface area contributed by atoms with Crippen molar-refractivity contribution in [1.29, 1.82) is 0 Å². The number of rotatable bonds is 8. The van der Waals surface area contributed by atoms with Gasteiger partial charge in [0.05, 0.1) is 6.61 Å². The number of carbonyl (C=O) groups is 1. The molecule has 0 bridgehead atoms. The second-order valence-corrected chi connectivity index (χ2v) is 8.47. The van der Waals surface area contributed by atoms with Crippen molar-refractivity contribution < 1.29 is 9.53 Å². The van der Waals surface area contributed by atoms with Crippen molar-refractivity contribution in [3.63, 3.8) is 0 Å². The predicted molar refractivity (Wildman–Crippen MR) is 125 cm³/mol. The smallest absolute Gasteiger partial charge is 0.255 e. The summed E-state index contributed by atoms with van der Waals surface area (Å²) in [6.45, 7) is 4.64. The molecule has 5 heteroatoms. The molecule has 0 atom stereocenters. The number of hydrogen-bond donors (Lipinski definition) is 1. The predicted octanol–water partition coefficient (Wildman–Crippen LogP) is 6.66. The van der Waals surface area contributed by atoms with Crippen LogP contribution < -0.4 is 10.1 Å². The highest BCUT2D eigenvalue weighted by atomic mass is 32.2. The second kappa shape index (κ2) is 10.4. The maximum Gasteiger partial charge on any atom is 0.255 e. The molecular formula is C24H25NO2S2. The summed E-state index contributed by atoms with van der Waals surface area (Å²) in [4.78, 5) is 15.1. The molecule has 0 aromatic heterocycles. The molecular weight excluding hydrogens is 398 g/mol. The molecule has 0 aliphatic rings. The fraction of sp³-hybridized carbons (Fsp3) is 0.208. The number of anilines is 1. The number of benzene rings is 3. The van der Waals surface area contributed by atoms with Gasteiger partial charge >= 0.3 is 0 Å². The van der Waals surface area contributed by atoms with Crippen LogP contribution in [0.3, 0.4) is 0 Å². The molecule has 3 nitrogen and oxygen atoms in total. The minimum Gasteiger partial charge on any atom is -0.494 e. The quantitative estimate of drug-likeness (QED) is 0.411. The molecule has 1 amide bonds. The normalized spacial score (nSPS) is 10.6. The molecule has 0 spiro atoms. The van der Waals surface area contributed by atoms with Crippen LogP contribution in [0.4, 0.5) is 5.69 Å². The average Bonchev–Trinajstić information content (AvgIpc) is 2.74. The van der Waals surface area contributed by atoms with Crippen molar-refractivity contribution >= 4 is 35.1 Å². The number of aryl methyl sites for hydroxylation is 1. The van der Waals surface area contributed by atoms with Gasteiger partial charge in [-0.1, -0.05) is 23.8 Å². The molecule has 3 aromatic carbocycles. The minimum atomic E-state index is -0.118. The van der Waals surface area contributed by atoms with Gasteiger partial charge < -0.3 is 10.1 Å². The topological polar surface area (TPSA) is 38.3 Å². The fourth-order valence-corrected chi connectivity index (χ4v) is 4.17. The van der Waals surface area contributed by atoms with E-state index in [1.165, 1.54) is 10.5 Å². The highest BCUT2D eigenvalue weighted by molar-refractivity contribution is 7.98. The van der Waals surface area contributed by atoms with E-state index in [0.717, 1.165) is 27.6 Å². The van der Waals surface area contributed by atoms with Crippen LogP contribution in [0.5, 0.6) is 5.75 Å². The number of hydrogen-bond acceptors (Lipinski definition) is 4. The van der Waals surface area contributed by atoms with Gasteiger partial charge in [0, 0.05) is 32.4 Å². The summed E-state index contributed by atoms with van der Waals surface area (Å²) in [6, 6.07) is 22.0. The summed E-state index contributed by atoms with van der Waals surface area (Å²) >= 11 is 3.39. The first-order valence-corrected chi connectivity index (χ1v) is 11.7. The van der Waals surface area contributed by atoms with E-state index in [1.54, 1.807) is 23.5 Å². The standard InChI is InChI=1S/C24H25NO2S2/c1-4-27-23-13-10-18(24(26)25-20-6-5-7-22(15-20)28-3)14-19(23)16-29-21-11-8-17(2)9-12-21/h5-15H,4,16H2,1-3H3,(H,25,26). The highest BCUT2D eigenvalue weighted by Gasteiger charge is 2.12. The Morgan fingerprint density at radius 2 is 1.79 bits per heavy atom. The molecule has 0 aliphatic carbocycles. The van der Waals surface area contributed by atoms with E-state index in [9.17, 15) is 4.79 Å². The number of nitrogens with one attached hydrogen (secondary N) is 1. The lowest BCUT2D eigenvalue weighted by Crippen LogP contribution is -2.12. The Balaban J connectivity index is 1.77. The third-order valence-corrected chi connectivity index (χ3v) is 6.15. The van der Waals surface area contributed by atoms with Crippen molar-refractivity contribution in [2.24, 2.45) is 0 Å². The number of ether oxygens (including phenoxy) is 1. The maximum absolute atomic E-state index is 12.8. The van der Waals surface area contributed by atoms with Gasteiger partial charge in [0.15, 0.2) is 0 Å². The zero-order valence-corrected chi connectivity index (χ0v) is 18.5. The minimum absolute atomic E-state index is 0.118. The van der Waals surface area contributed by atoms with E-state index in [0.29, 0.717) is 12.2 Å². The van der Waals surface area contributed by atoms with Gasteiger partial charge in [-0.15, -0.1) is 23.5 Å². The largest absolute Gasteiger partial charge is 0.494 e. The van der Waals surface area contributed by atoms with Crippen LogP contribution in [-0.2, 0) is 5.75 Å². The molecule has 3 rings (SSSR count). The molecule has 3 aromatic rings. The number of thioether (sulfide) groups is 2. The van der Waals surface area contributed by atoms with Crippen LogP contribution >= 0.6 is 23.5 Å². The average molecular weight is 424 g/mol. The van der Waals surface area contributed by atoms with Gasteiger partial charge in [-0.25, -0.2) is 0 Å². The van der Waals surface area contributed by atoms with E-state index in [2.05, 4.69) is 36.5 Å². The Hall–Kier alpha value is -2.37. The van der Waals surface area contributed by atoms with Gasteiger partial charge in [0.2, 0.25) is 0 Å². The van der Waals surface area contributed by atoms with Crippen molar-refractivity contribution in [3.05, 3.63) is 83.4 Å². The van der Waals surface area contributed by atoms with Gasteiger partial charge in [0.1, 0.15) is 5.75 Å². The van der Waals surface area contributed by atoms with Gasteiger partial charge in [0.25, 0.3) is 5.91 Å². The first-order valence-electron chi connectivity index (χ1n) is 9.49. The van der Waals surface area contributed by atoms with Crippen molar-refractivity contribution in [2.75, 3.05) is 18.2 Å². The zero-order valence-electron chi connectivity index (χ0n) is 16.9. The monoisotopic (exact) mass is 423 g/mol. The number of amides is 1. The SMILES string of the molecule is CCOc1ccc(C(=O)Nc2cccc(SC)c2)cc1CSc1ccc(C)cc1. The summed E-state index contributed by atoms with van der Waals surface area (Å²) < 4.78 is 5.78. The highest BCUT2D eigenvalue weighted by Crippen LogP contribution is 2.29. The molecule has 0 fully saturated rings. The maximum atomic E-state index is 12.8. The van der Waals surface area contributed by atoms with Crippen LogP contribution in [0.2, 0.25) is 0 Å². The van der Waals surface area contributed by atoms with Crippen LogP contribution in [0.15, 0.2) is 76.5 Å². The van der Waals surface area contributed by atoms with E-state index in [1.807, 2.05) is 55.6 Å². The summed E-state index contributed by atoms with van der Waals surface area (Å²) in [5.41, 5.74) is 3.69. The summed E-state index contributed by atoms with van der Waals surface area (Å²) in [5.74, 6) is 1.45. The Kier molecular flexibility index (Phi) is 7.67. The molecule has 0 heterocycles. The first-order chi connectivity index (χ1) is 14.1. The number of carbonyl (C=O) groups excluding carboxylic acids is 1. The lowest BCUT2D eigenvalue weighted by molar-refractivity contribution is 0.102. The van der Waals surface area contributed by atoms with Crippen LogP contribution in [0.1, 0.15) is 28.4 Å². The van der Waals surface area contributed by atoms with Crippen LogP contribution in [-0.4, -0.2) is 18.8 Å². The zero-order chi connectivity index (χ0) is 20.6. The summed E-state index contributed by atoms with van der Waals surface area (Å²) in [7, 11) is 0.